The number of hydrogen-bond donors (Lipinski definition) is 0. The van der Waals surface area contributed by atoms with Crippen LogP contribution in [0.25, 0.3) is 0 Å². The molecule has 0 aromatic rings. The van der Waals surface area contributed by atoms with Crippen molar-refractivity contribution < 1.29 is 49.0 Å². The van der Waals surface area contributed by atoms with Crippen LogP contribution >= 0.6 is 0 Å². The molecule has 76 valence electrons. The molecule has 0 saturated heterocycles. The third kappa shape index (κ3) is 6.40. The van der Waals surface area contributed by atoms with E-state index in [9.17, 15) is 14.7 Å². The van der Waals surface area contributed by atoms with Crippen molar-refractivity contribution in [1.82, 2.24) is 0 Å². The van der Waals surface area contributed by atoms with Gasteiger partial charge in [0.15, 0.2) is 0 Å². The first-order valence-electron chi connectivity index (χ1n) is 4.27. The van der Waals surface area contributed by atoms with Crippen LogP contribution in [0.4, 0.5) is 0 Å². The molecule has 0 unspecified atom stereocenters. The minimum atomic E-state index is -1.21. The molecule has 0 aromatic carbocycles. The summed E-state index contributed by atoms with van der Waals surface area (Å²) in [6.45, 7) is 5.29. The Morgan fingerprint density at radius 1 is 1.36 bits per heavy atom. The number of carboxylic acid groups (broad SMARTS) is 1. The van der Waals surface area contributed by atoms with Gasteiger partial charge >= 0.3 is 35.5 Å². The van der Waals surface area contributed by atoms with Crippen LogP contribution in [0.2, 0.25) is 0 Å². The number of esters is 1. The Hall–Kier alpha value is -0.0600. The van der Waals surface area contributed by atoms with Crippen LogP contribution in [0.1, 0.15) is 33.6 Å². The van der Waals surface area contributed by atoms with Crippen LogP contribution in [-0.4, -0.2) is 18.5 Å². The summed E-state index contributed by atoms with van der Waals surface area (Å²) in [6, 6.07) is 0. The summed E-state index contributed by atoms with van der Waals surface area (Å²) in [6.07, 6.45) is 0.419. The predicted molar refractivity (Wildman–Crippen MR) is 44.7 cm³/mol. The van der Waals surface area contributed by atoms with Crippen molar-refractivity contribution in [1.29, 1.82) is 0 Å². The number of ether oxygens (including phenoxy) is 1. The molecule has 0 aromatic heterocycles. The molecule has 0 bridgehead atoms. The van der Waals surface area contributed by atoms with Gasteiger partial charge in [-0.05, 0) is 20.3 Å². The number of rotatable bonds is 5. The minimum Gasteiger partial charge on any atom is -0.550 e. The van der Waals surface area contributed by atoms with E-state index in [1.165, 1.54) is 0 Å². The molecule has 0 N–H and O–H groups in total. The van der Waals surface area contributed by atoms with Crippen molar-refractivity contribution in [2.24, 2.45) is 5.41 Å². The van der Waals surface area contributed by atoms with Gasteiger partial charge in [-0.15, -0.1) is 0 Å². The summed E-state index contributed by atoms with van der Waals surface area (Å²) >= 11 is 0. The standard InChI is InChI=1S/C9H16O4.Na/c1-4-9(2,3)8(12)13-6-5-7(10)11;/h4-6H2,1-3H3,(H,10,11);/q;+1/p-1. The van der Waals surface area contributed by atoms with Crippen LogP contribution in [0, 0.1) is 5.41 Å². The molecule has 14 heavy (non-hydrogen) atoms. The maximum atomic E-state index is 11.2. The van der Waals surface area contributed by atoms with Crippen LogP contribution in [0.15, 0.2) is 0 Å². The first-order chi connectivity index (χ1) is 5.90. The van der Waals surface area contributed by atoms with Crippen molar-refractivity contribution in [3.8, 4) is 0 Å². The van der Waals surface area contributed by atoms with Gasteiger partial charge in [-0.25, -0.2) is 0 Å². The molecule has 0 radical (unpaired) electrons. The van der Waals surface area contributed by atoms with Crippen molar-refractivity contribution in [3.63, 3.8) is 0 Å². The molecule has 0 aliphatic carbocycles. The fraction of sp³-hybridized carbons (Fsp3) is 0.778. The molecular weight excluding hydrogens is 195 g/mol. The third-order valence-corrected chi connectivity index (χ3v) is 1.98. The second kappa shape index (κ2) is 7.26. The fourth-order valence-electron chi connectivity index (χ4n) is 0.567. The average Bonchev–Trinajstić information content (AvgIpc) is 2.03. The van der Waals surface area contributed by atoms with E-state index in [1.54, 1.807) is 13.8 Å². The van der Waals surface area contributed by atoms with Gasteiger partial charge in [0, 0.05) is 12.4 Å². The van der Waals surface area contributed by atoms with Crippen molar-refractivity contribution in [2.45, 2.75) is 33.6 Å². The Balaban J connectivity index is 0. The van der Waals surface area contributed by atoms with Crippen LogP contribution in [-0.2, 0) is 14.3 Å². The summed E-state index contributed by atoms with van der Waals surface area (Å²) in [5.74, 6) is -1.57. The molecule has 0 saturated carbocycles. The van der Waals surface area contributed by atoms with Crippen molar-refractivity contribution in [2.75, 3.05) is 6.61 Å². The smallest absolute Gasteiger partial charge is 0.550 e. The van der Waals surface area contributed by atoms with Crippen LogP contribution in [0.3, 0.4) is 0 Å². The summed E-state index contributed by atoms with van der Waals surface area (Å²) in [5.41, 5.74) is -0.536. The quantitative estimate of drug-likeness (QED) is 0.361. The van der Waals surface area contributed by atoms with E-state index in [4.69, 9.17) is 4.74 Å². The second-order valence-corrected chi connectivity index (χ2v) is 3.50. The maximum absolute atomic E-state index is 11.2. The zero-order valence-electron chi connectivity index (χ0n) is 9.25. The van der Waals surface area contributed by atoms with Gasteiger partial charge in [0.05, 0.1) is 12.0 Å². The first-order valence-corrected chi connectivity index (χ1v) is 4.27. The largest absolute Gasteiger partial charge is 1.00 e. The van der Waals surface area contributed by atoms with Crippen molar-refractivity contribution in [3.05, 3.63) is 0 Å². The van der Waals surface area contributed by atoms with E-state index < -0.39 is 11.4 Å². The maximum Gasteiger partial charge on any atom is 1.00 e. The summed E-state index contributed by atoms with van der Waals surface area (Å²) in [4.78, 5) is 21.2. The van der Waals surface area contributed by atoms with E-state index in [0.29, 0.717) is 6.42 Å². The van der Waals surface area contributed by atoms with Gasteiger partial charge < -0.3 is 14.6 Å². The third-order valence-electron chi connectivity index (χ3n) is 1.98. The van der Waals surface area contributed by atoms with E-state index in [0.717, 1.165) is 0 Å². The normalized spacial score (nSPS) is 10.2. The van der Waals surface area contributed by atoms with Crippen LogP contribution in [0.5, 0.6) is 0 Å². The summed E-state index contributed by atoms with van der Waals surface area (Å²) in [7, 11) is 0. The van der Waals surface area contributed by atoms with E-state index in [1.807, 2.05) is 6.92 Å². The van der Waals surface area contributed by atoms with Gasteiger partial charge in [0.1, 0.15) is 0 Å². The number of aliphatic carboxylic acids is 1. The summed E-state index contributed by atoms with van der Waals surface area (Å²) in [5, 5.41) is 10.00. The molecule has 0 rings (SSSR count). The summed E-state index contributed by atoms with van der Waals surface area (Å²) < 4.78 is 4.75. The minimum absolute atomic E-state index is 0. The Labute approximate surface area is 106 Å². The van der Waals surface area contributed by atoms with Gasteiger partial charge in [-0.2, -0.15) is 0 Å². The van der Waals surface area contributed by atoms with Crippen molar-refractivity contribution >= 4 is 11.9 Å². The van der Waals surface area contributed by atoms with E-state index >= 15 is 0 Å². The molecule has 0 spiro atoms. The topological polar surface area (TPSA) is 66.4 Å². The molecular formula is C9H15NaO4. The SMILES string of the molecule is CCC(C)(C)C(=O)OCCC(=O)[O-].[Na+]. The van der Waals surface area contributed by atoms with Gasteiger partial charge in [0.25, 0.3) is 0 Å². The Morgan fingerprint density at radius 3 is 2.21 bits per heavy atom. The molecule has 0 amide bonds. The van der Waals surface area contributed by atoms with Gasteiger partial charge in [-0.3, -0.25) is 4.79 Å². The number of hydrogen-bond acceptors (Lipinski definition) is 4. The van der Waals surface area contributed by atoms with E-state index in [-0.39, 0.29) is 48.6 Å². The Kier molecular flexibility index (Phi) is 8.49. The van der Waals surface area contributed by atoms with Crippen LogP contribution < -0.4 is 34.7 Å². The Bertz CT molecular complexity index is 201. The number of carboxylic acids is 1. The first kappa shape index (κ1) is 16.4. The van der Waals surface area contributed by atoms with Gasteiger partial charge in [-0.1, -0.05) is 6.92 Å². The molecule has 0 heterocycles. The monoisotopic (exact) mass is 210 g/mol. The Morgan fingerprint density at radius 2 is 1.86 bits per heavy atom. The molecule has 0 fully saturated rings. The molecule has 0 atom stereocenters. The molecule has 0 aliphatic heterocycles. The second-order valence-electron chi connectivity index (χ2n) is 3.50. The number of carbonyl (C=O) groups is 2. The van der Waals surface area contributed by atoms with E-state index in [2.05, 4.69) is 0 Å². The number of carbonyl (C=O) groups excluding carboxylic acids is 2. The molecule has 5 heteroatoms. The average molecular weight is 210 g/mol. The fourth-order valence-corrected chi connectivity index (χ4v) is 0.567. The van der Waals surface area contributed by atoms with Gasteiger partial charge in [0.2, 0.25) is 0 Å². The molecule has 0 aliphatic rings. The zero-order chi connectivity index (χ0) is 10.5. The molecule has 4 nitrogen and oxygen atoms in total. The zero-order valence-corrected chi connectivity index (χ0v) is 11.3. The predicted octanol–water partition coefficient (Wildman–Crippen LogP) is -2.89.